The second kappa shape index (κ2) is 7.07. The average Bonchev–Trinajstić information content (AvgIpc) is 2.54. The van der Waals surface area contributed by atoms with Crippen LogP contribution in [0.3, 0.4) is 0 Å². The summed E-state index contributed by atoms with van der Waals surface area (Å²) >= 11 is 0. The van der Waals surface area contributed by atoms with Crippen molar-refractivity contribution in [1.82, 2.24) is 8.61 Å². The van der Waals surface area contributed by atoms with E-state index in [0.717, 1.165) is 25.7 Å². The molecule has 0 aromatic heterocycles. The first-order valence-corrected chi connectivity index (χ1v) is 9.17. The van der Waals surface area contributed by atoms with Crippen LogP contribution in [0.5, 0.6) is 0 Å². The lowest BCUT2D eigenvalue weighted by Crippen LogP contribution is -2.50. The predicted octanol–water partition coefficient (Wildman–Crippen LogP) is 1.38. The van der Waals surface area contributed by atoms with Gasteiger partial charge in [0.05, 0.1) is 13.0 Å². The summed E-state index contributed by atoms with van der Waals surface area (Å²) in [6.07, 6.45) is 6.41. The standard InChI is InChI=1S/C14H26N2O4S/c1-15(13-6-4-3-5-7-13)21(18,19)16-10-8-12(9-11-16)14(17)20-2/h12-13H,3-11H2,1-2H3. The molecule has 0 radical (unpaired) electrons. The van der Waals surface area contributed by atoms with Crippen molar-refractivity contribution >= 4 is 16.2 Å². The van der Waals surface area contributed by atoms with Gasteiger partial charge in [-0.2, -0.15) is 17.0 Å². The summed E-state index contributed by atoms with van der Waals surface area (Å²) in [6, 6.07) is 0.127. The van der Waals surface area contributed by atoms with E-state index < -0.39 is 10.2 Å². The number of carbonyl (C=O) groups excluding carboxylic acids is 1. The molecule has 0 unspecified atom stereocenters. The molecular weight excluding hydrogens is 292 g/mol. The van der Waals surface area contributed by atoms with E-state index in [0.29, 0.717) is 25.9 Å². The van der Waals surface area contributed by atoms with Crippen molar-refractivity contribution in [2.75, 3.05) is 27.2 Å². The molecule has 7 heteroatoms. The highest BCUT2D eigenvalue weighted by molar-refractivity contribution is 7.86. The van der Waals surface area contributed by atoms with Crippen LogP contribution >= 0.6 is 0 Å². The smallest absolute Gasteiger partial charge is 0.308 e. The van der Waals surface area contributed by atoms with Crippen molar-refractivity contribution in [2.45, 2.75) is 51.0 Å². The van der Waals surface area contributed by atoms with Crippen LogP contribution in [0, 0.1) is 5.92 Å². The monoisotopic (exact) mass is 318 g/mol. The lowest BCUT2D eigenvalue weighted by Gasteiger charge is -2.37. The van der Waals surface area contributed by atoms with Crippen molar-refractivity contribution in [3.8, 4) is 0 Å². The van der Waals surface area contributed by atoms with Gasteiger partial charge in [-0.1, -0.05) is 19.3 Å². The Morgan fingerprint density at radius 2 is 1.67 bits per heavy atom. The molecular formula is C14H26N2O4S. The van der Waals surface area contributed by atoms with E-state index in [4.69, 9.17) is 4.74 Å². The molecule has 1 saturated carbocycles. The topological polar surface area (TPSA) is 66.9 Å². The molecule has 2 aliphatic rings. The number of rotatable bonds is 4. The first-order valence-electron chi connectivity index (χ1n) is 7.77. The second-order valence-corrected chi connectivity index (χ2v) is 8.00. The van der Waals surface area contributed by atoms with Crippen LogP contribution in [-0.4, -0.2) is 56.3 Å². The van der Waals surface area contributed by atoms with Gasteiger partial charge in [0.25, 0.3) is 10.2 Å². The van der Waals surface area contributed by atoms with Crippen LogP contribution in [0.2, 0.25) is 0 Å². The van der Waals surface area contributed by atoms with E-state index in [2.05, 4.69) is 0 Å². The van der Waals surface area contributed by atoms with Crippen molar-refractivity contribution in [3.63, 3.8) is 0 Å². The third kappa shape index (κ3) is 3.76. The van der Waals surface area contributed by atoms with Gasteiger partial charge in [0.2, 0.25) is 0 Å². The number of hydrogen-bond acceptors (Lipinski definition) is 4. The third-order valence-electron chi connectivity index (χ3n) is 4.77. The Labute approximate surface area is 127 Å². The predicted molar refractivity (Wildman–Crippen MR) is 79.9 cm³/mol. The largest absolute Gasteiger partial charge is 0.469 e. The van der Waals surface area contributed by atoms with Gasteiger partial charge >= 0.3 is 5.97 Å². The molecule has 6 nitrogen and oxygen atoms in total. The third-order valence-corrected chi connectivity index (χ3v) is 6.81. The van der Waals surface area contributed by atoms with Crippen molar-refractivity contribution in [2.24, 2.45) is 5.92 Å². The lowest BCUT2D eigenvalue weighted by molar-refractivity contribution is -0.146. The van der Waals surface area contributed by atoms with E-state index in [-0.39, 0.29) is 17.9 Å². The first kappa shape index (κ1) is 16.7. The van der Waals surface area contributed by atoms with Crippen molar-refractivity contribution in [1.29, 1.82) is 0 Å². The van der Waals surface area contributed by atoms with Gasteiger partial charge in [0.15, 0.2) is 0 Å². The minimum Gasteiger partial charge on any atom is -0.469 e. The molecule has 1 heterocycles. The van der Waals surface area contributed by atoms with Crippen LogP contribution in [0.4, 0.5) is 0 Å². The zero-order chi connectivity index (χ0) is 15.5. The Morgan fingerprint density at radius 3 is 2.19 bits per heavy atom. The van der Waals surface area contributed by atoms with Gasteiger partial charge in [-0.25, -0.2) is 0 Å². The van der Waals surface area contributed by atoms with Crippen molar-refractivity contribution in [3.05, 3.63) is 0 Å². The molecule has 0 N–H and O–H groups in total. The molecule has 1 aliphatic heterocycles. The fraction of sp³-hybridized carbons (Fsp3) is 0.929. The van der Waals surface area contributed by atoms with E-state index in [9.17, 15) is 13.2 Å². The van der Waals surface area contributed by atoms with Crippen molar-refractivity contribution < 1.29 is 17.9 Å². The number of carbonyl (C=O) groups is 1. The summed E-state index contributed by atoms with van der Waals surface area (Å²) < 4.78 is 33.1. The first-order chi connectivity index (χ1) is 9.96. The molecule has 0 aromatic carbocycles. The quantitative estimate of drug-likeness (QED) is 0.735. The lowest BCUT2D eigenvalue weighted by atomic mass is 9.96. The summed E-state index contributed by atoms with van der Waals surface area (Å²) in [7, 11) is -0.334. The Bertz CT molecular complexity index is 452. The molecule has 21 heavy (non-hydrogen) atoms. The number of nitrogens with zero attached hydrogens (tertiary/aromatic N) is 2. The number of esters is 1. The maximum atomic E-state index is 12.7. The molecule has 1 saturated heterocycles. The Kier molecular flexibility index (Phi) is 5.62. The van der Waals surface area contributed by atoms with Crippen LogP contribution in [0.25, 0.3) is 0 Å². The van der Waals surface area contributed by atoms with Crippen LogP contribution in [0.15, 0.2) is 0 Å². The molecule has 0 atom stereocenters. The minimum atomic E-state index is -3.40. The summed E-state index contributed by atoms with van der Waals surface area (Å²) in [6.45, 7) is 0.804. The van der Waals surface area contributed by atoms with Crippen LogP contribution < -0.4 is 0 Å². The van der Waals surface area contributed by atoms with Gasteiger partial charge in [0, 0.05) is 26.2 Å². The maximum Gasteiger partial charge on any atom is 0.308 e. The molecule has 0 bridgehead atoms. The highest BCUT2D eigenvalue weighted by Gasteiger charge is 2.36. The van der Waals surface area contributed by atoms with E-state index in [1.54, 1.807) is 11.4 Å². The number of piperidine rings is 1. The van der Waals surface area contributed by atoms with E-state index >= 15 is 0 Å². The molecule has 2 fully saturated rings. The normalized spacial score (nSPS) is 23.4. The summed E-state index contributed by atoms with van der Waals surface area (Å²) in [5, 5.41) is 0. The number of methoxy groups -OCH3 is 1. The zero-order valence-corrected chi connectivity index (χ0v) is 13.8. The second-order valence-electron chi connectivity index (χ2n) is 6.01. The zero-order valence-electron chi connectivity index (χ0n) is 13.0. The van der Waals surface area contributed by atoms with Crippen LogP contribution in [0.1, 0.15) is 44.9 Å². The molecule has 0 spiro atoms. The van der Waals surface area contributed by atoms with Crippen LogP contribution in [-0.2, 0) is 19.7 Å². The highest BCUT2D eigenvalue weighted by atomic mass is 32.2. The van der Waals surface area contributed by atoms with Gasteiger partial charge in [-0.05, 0) is 25.7 Å². The molecule has 0 amide bonds. The SMILES string of the molecule is COC(=O)C1CCN(S(=O)(=O)N(C)C2CCCCC2)CC1. The summed E-state index contributed by atoms with van der Waals surface area (Å²) in [5.41, 5.74) is 0. The Hall–Kier alpha value is -0.660. The van der Waals surface area contributed by atoms with E-state index in [1.807, 2.05) is 0 Å². The van der Waals surface area contributed by atoms with Gasteiger partial charge in [-0.3, -0.25) is 4.79 Å². The summed E-state index contributed by atoms with van der Waals surface area (Å²) in [4.78, 5) is 11.5. The van der Waals surface area contributed by atoms with E-state index in [1.165, 1.54) is 17.8 Å². The van der Waals surface area contributed by atoms with Gasteiger partial charge in [0.1, 0.15) is 0 Å². The van der Waals surface area contributed by atoms with Gasteiger partial charge in [-0.15, -0.1) is 0 Å². The molecule has 0 aromatic rings. The maximum absolute atomic E-state index is 12.7. The minimum absolute atomic E-state index is 0.127. The Morgan fingerprint density at radius 1 is 1.10 bits per heavy atom. The number of ether oxygens (including phenoxy) is 1. The number of hydrogen-bond donors (Lipinski definition) is 0. The highest BCUT2D eigenvalue weighted by Crippen LogP contribution is 2.27. The fourth-order valence-corrected chi connectivity index (χ4v) is 4.93. The average molecular weight is 318 g/mol. The van der Waals surface area contributed by atoms with Gasteiger partial charge < -0.3 is 4.74 Å². The molecule has 1 aliphatic carbocycles. The molecule has 2 rings (SSSR count). The fourth-order valence-electron chi connectivity index (χ4n) is 3.30. The summed E-state index contributed by atoms with van der Waals surface area (Å²) in [5.74, 6) is -0.394. The molecule has 122 valence electrons. The Balaban J connectivity index is 1.95.